The molecule has 0 aromatic heterocycles. The van der Waals surface area contributed by atoms with E-state index >= 15 is 0 Å². The summed E-state index contributed by atoms with van der Waals surface area (Å²) < 4.78 is 11.5. The van der Waals surface area contributed by atoms with Crippen LogP contribution in [0.3, 0.4) is 0 Å². The molecule has 6 heteroatoms. The first-order valence-electron chi connectivity index (χ1n) is 9.23. The molecule has 1 amide bonds. The van der Waals surface area contributed by atoms with Crippen molar-refractivity contribution in [3.8, 4) is 17.6 Å². The second-order valence-corrected chi connectivity index (χ2v) is 6.89. The van der Waals surface area contributed by atoms with Crippen molar-refractivity contribution < 1.29 is 19.2 Å². The van der Waals surface area contributed by atoms with Crippen LogP contribution in [0.15, 0.2) is 48.5 Å². The molecule has 1 N–H and O–H groups in total. The molecule has 2 aliphatic heterocycles. The number of rotatable bonds is 3. The monoisotopic (exact) mass is 364 g/mol. The van der Waals surface area contributed by atoms with Gasteiger partial charge in [0.15, 0.2) is 11.5 Å². The molecule has 0 bridgehead atoms. The highest BCUT2D eigenvalue weighted by molar-refractivity contribution is 5.82. The molecule has 0 spiro atoms. The number of piperazine rings is 1. The number of hydrogen-bond donors (Lipinski definition) is 1. The van der Waals surface area contributed by atoms with Gasteiger partial charge in [-0.15, -0.1) is 0 Å². The fourth-order valence-electron chi connectivity index (χ4n) is 3.62. The average molecular weight is 364 g/mol. The third-order valence-electron chi connectivity index (χ3n) is 5.14. The van der Waals surface area contributed by atoms with E-state index in [4.69, 9.17) is 9.47 Å². The molecule has 2 aromatic carbocycles. The van der Waals surface area contributed by atoms with Crippen LogP contribution < -0.4 is 14.4 Å². The first kappa shape index (κ1) is 17.4. The van der Waals surface area contributed by atoms with Gasteiger partial charge in [-0.2, -0.15) is 5.26 Å². The Kier molecular flexibility index (Phi) is 4.95. The summed E-state index contributed by atoms with van der Waals surface area (Å²) in [4.78, 5) is 16.0. The van der Waals surface area contributed by atoms with Crippen LogP contribution in [0.4, 0.5) is 0 Å². The summed E-state index contributed by atoms with van der Waals surface area (Å²) >= 11 is 0. The van der Waals surface area contributed by atoms with Crippen molar-refractivity contribution in [3.05, 3.63) is 59.7 Å². The SMILES string of the molecule is N#Cc1ccccc1C[NH+]1CCN(C(=O)[C@H]2COc3ccccc3O2)CC1. The van der Waals surface area contributed by atoms with Crippen LogP contribution in [0.1, 0.15) is 11.1 Å². The lowest BCUT2D eigenvalue weighted by atomic mass is 10.1. The molecule has 0 saturated carbocycles. The normalized spacial score (nSPS) is 19.4. The van der Waals surface area contributed by atoms with E-state index in [0.29, 0.717) is 24.6 Å². The zero-order valence-corrected chi connectivity index (χ0v) is 15.1. The molecule has 2 aromatic rings. The lowest BCUT2D eigenvalue weighted by Gasteiger charge is -2.35. The number of ether oxygens (including phenoxy) is 2. The smallest absolute Gasteiger partial charge is 0.267 e. The molecule has 6 nitrogen and oxygen atoms in total. The lowest BCUT2D eigenvalue weighted by Crippen LogP contribution is -3.13. The quantitative estimate of drug-likeness (QED) is 0.867. The highest BCUT2D eigenvalue weighted by atomic mass is 16.6. The molecule has 4 rings (SSSR count). The first-order valence-corrected chi connectivity index (χ1v) is 9.23. The highest BCUT2D eigenvalue weighted by Crippen LogP contribution is 2.31. The molecule has 27 heavy (non-hydrogen) atoms. The van der Waals surface area contributed by atoms with Gasteiger partial charge in [0.1, 0.15) is 13.2 Å². The van der Waals surface area contributed by atoms with Crippen LogP contribution in [-0.2, 0) is 11.3 Å². The average Bonchev–Trinajstić information content (AvgIpc) is 2.74. The number of hydrogen-bond acceptors (Lipinski definition) is 4. The predicted molar refractivity (Wildman–Crippen MR) is 98.5 cm³/mol. The third kappa shape index (κ3) is 3.74. The second kappa shape index (κ2) is 7.68. The Morgan fingerprint density at radius 3 is 2.59 bits per heavy atom. The third-order valence-corrected chi connectivity index (χ3v) is 5.14. The number of nitriles is 1. The Balaban J connectivity index is 1.33. The van der Waals surface area contributed by atoms with Crippen LogP contribution in [0.2, 0.25) is 0 Å². The van der Waals surface area contributed by atoms with E-state index in [9.17, 15) is 10.1 Å². The zero-order valence-electron chi connectivity index (χ0n) is 15.1. The van der Waals surface area contributed by atoms with Gasteiger partial charge in [0.05, 0.1) is 37.8 Å². The largest absolute Gasteiger partial charge is 0.485 e. The molecule has 1 atom stereocenters. The van der Waals surface area contributed by atoms with Gasteiger partial charge >= 0.3 is 0 Å². The number of benzene rings is 2. The summed E-state index contributed by atoms with van der Waals surface area (Å²) in [6, 6.07) is 17.4. The Morgan fingerprint density at radius 1 is 1.11 bits per heavy atom. The van der Waals surface area contributed by atoms with E-state index in [1.165, 1.54) is 4.90 Å². The molecule has 1 saturated heterocycles. The van der Waals surface area contributed by atoms with Gasteiger partial charge < -0.3 is 19.3 Å². The van der Waals surface area contributed by atoms with Gasteiger partial charge in [-0.3, -0.25) is 4.79 Å². The Hall–Kier alpha value is -3.04. The van der Waals surface area contributed by atoms with Crippen molar-refractivity contribution in [1.82, 2.24) is 4.90 Å². The van der Waals surface area contributed by atoms with Crippen molar-refractivity contribution in [3.63, 3.8) is 0 Å². The van der Waals surface area contributed by atoms with Gasteiger partial charge in [-0.25, -0.2) is 0 Å². The van der Waals surface area contributed by atoms with Gasteiger partial charge in [-0.1, -0.05) is 30.3 Å². The van der Waals surface area contributed by atoms with Crippen molar-refractivity contribution >= 4 is 5.91 Å². The van der Waals surface area contributed by atoms with E-state index in [2.05, 4.69) is 6.07 Å². The molecule has 0 unspecified atom stereocenters. The van der Waals surface area contributed by atoms with Crippen LogP contribution in [0, 0.1) is 11.3 Å². The molecule has 138 valence electrons. The molecular formula is C21H22N3O3+. The zero-order chi connectivity index (χ0) is 18.6. The molecule has 2 heterocycles. The summed E-state index contributed by atoms with van der Waals surface area (Å²) in [7, 11) is 0. The number of carbonyl (C=O) groups is 1. The Morgan fingerprint density at radius 2 is 1.81 bits per heavy atom. The number of para-hydroxylation sites is 2. The number of carbonyl (C=O) groups excluding carboxylic acids is 1. The molecule has 1 fully saturated rings. The number of nitrogens with zero attached hydrogens (tertiary/aromatic N) is 2. The topological polar surface area (TPSA) is 67.0 Å². The summed E-state index contributed by atoms with van der Waals surface area (Å²) in [5, 5.41) is 9.24. The number of quaternary nitrogens is 1. The maximum atomic E-state index is 12.8. The van der Waals surface area contributed by atoms with Crippen molar-refractivity contribution in [2.45, 2.75) is 12.6 Å². The van der Waals surface area contributed by atoms with Crippen LogP contribution in [-0.4, -0.2) is 49.7 Å². The van der Waals surface area contributed by atoms with E-state index in [-0.39, 0.29) is 12.5 Å². The number of nitrogens with one attached hydrogen (secondary N) is 1. The van der Waals surface area contributed by atoms with Gasteiger partial charge in [0.25, 0.3) is 5.91 Å². The minimum atomic E-state index is -0.583. The fourth-order valence-corrected chi connectivity index (χ4v) is 3.62. The van der Waals surface area contributed by atoms with Crippen molar-refractivity contribution in [2.24, 2.45) is 0 Å². The Bertz CT molecular complexity index is 869. The summed E-state index contributed by atoms with van der Waals surface area (Å²) in [6.07, 6.45) is -0.583. The summed E-state index contributed by atoms with van der Waals surface area (Å²) in [5.74, 6) is 1.30. The summed E-state index contributed by atoms with van der Waals surface area (Å²) in [6.45, 7) is 4.14. The number of fused-ring (bicyclic) bond motifs is 1. The van der Waals surface area contributed by atoms with E-state index in [1.54, 1.807) is 0 Å². The van der Waals surface area contributed by atoms with E-state index < -0.39 is 6.10 Å². The minimum absolute atomic E-state index is 0.0130. The summed E-state index contributed by atoms with van der Waals surface area (Å²) in [5.41, 5.74) is 1.80. The van der Waals surface area contributed by atoms with Crippen LogP contribution in [0.5, 0.6) is 11.5 Å². The van der Waals surface area contributed by atoms with Crippen molar-refractivity contribution in [2.75, 3.05) is 32.8 Å². The lowest BCUT2D eigenvalue weighted by molar-refractivity contribution is -0.917. The van der Waals surface area contributed by atoms with E-state index in [1.807, 2.05) is 53.4 Å². The van der Waals surface area contributed by atoms with Crippen molar-refractivity contribution in [1.29, 1.82) is 5.26 Å². The predicted octanol–water partition coefficient (Wildman–Crippen LogP) is 0.625. The molecule has 0 radical (unpaired) electrons. The standard InChI is InChI=1S/C21H21N3O3/c22-13-16-5-1-2-6-17(16)14-23-9-11-24(12-10-23)21(25)20-15-26-18-7-3-4-8-19(18)27-20/h1-8,20H,9-12,14-15H2/p+1/t20-/m1/s1. The minimum Gasteiger partial charge on any atom is -0.485 e. The first-order chi connectivity index (χ1) is 13.2. The maximum Gasteiger partial charge on any atom is 0.267 e. The van der Waals surface area contributed by atoms with Crippen LogP contribution in [0.25, 0.3) is 0 Å². The molecular weight excluding hydrogens is 342 g/mol. The second-order valence-electron chi connectivity index (χ2n) is 6.89. The number of amides is 1. The fraction of sp³-hybridized carbons (Fsp3) is 0.333. The maximum absolute atomic E-state index is 12.8. The van der Waals surface area contributed by atoms with Crippen LogP contribution >= 0.6 is 0 Å². The molecule has 0 aliphatic carbocycles. The van der Waals surface area contributed by atoms with E-state index in [0.717, 1.165) is 30.8 Å². The van der Waals surface area contributed by atoms with Gasteiger partial charge in [-0.05, 0) is 18.2 Å². The van der Waals surface area contributed by atoms with Gasteiger partial charge in [0.2, 0.25) is 6.10 Å². The molecule has 2 aliphatic rings. The Labute approximate surface area is 158 Å². The van der Waals surface area contributed by atoms with Gasteiger partial charge in [0, 0.05) is 5.56 Å². The highest BCUT2D eigenvalue weighted by Gasteiger charge is 2.33.